The van der Waals surface area contributed by atoms with Gasteiger partial charge in [-0.05, 0) is 6.07 Å². The van der Waals surface area contributed by atoms with Gasteiger partial charge in [-0.25, -0.2) is 9.18 Å². The van der Waals surface area contributed by atoms with Crippen LogP contribution in [0.4, 0.5) is 4.39 Å². The number of rotatable bonds is 4. The van der Waals surface area contributed by atoms with Crippen molar-refractivity contribution in [1.29, 1.82) is 0 Å². The summed E-state index contributed by atoms with van der Waals surface area (Å²) in [6, 6.07) is 0.0347. The molecule has 7 heteroatoms. The average molecular weight is 271 g/mol. The van der Waals surface area contributed by atoms with E-state index < -0.39 is 24.6 Å². The molecule has 0 aromatic carbocycles. The molecule has 2 N–H and O–H groups in total. The van der Waals surface area contributed by atoms with Crippen LogP contribution in [0.15, 0.2) is 6.07 Å². The second-order valence-electron chi connectivity index (χ2n) is 5.31. The van der Waals surface area contributed by atoms with E-state index in [1.807, 2.05) is 20.8 Å². The number of aromatic nitrogens is 2. The third-order valence-corrected chi connectivity index (χ3v) is 2.64. The Morgan fingerprint density at radius 2 is 2.11 bits per heavy atom. The van der Waals surface area contributed by atoms with Crippen LogP contribution in [0.2, 0.25) is 0 Å². The van der Waals surface area contributed by atoms with E-state index >= 15 is 0 Å². The first-order valence-corrected chi connectivity index (χ1v) is 5.81. The molecule has 19 heavy (non-hydrogen) atoms. The maximum atomic E-state index is 12.5. The van der Waals surface area contributed by atoms with Gasteiger partial charge in [-0.1, -0.05) is 20.8 Å². The highest BCUT2D eigenvalue weighted by Crippen LogP contribution is 2.21. The van der Waals surface area contributed by atoms with E-state index in [1.165, 1.54) is 4.68 Å². The maximum Gasteiger partial charge on any atom is 0.328 e. The zero-order valence-corrected chi connectivity index (χ0v) is 11.4. The minimum atomic E-state index is -1.54. The zero-order valence-electron chi connectivity index (χ0n) is 11.4. The van der Waals surface area contributed by atoms with Crippen molar-refractivity contribution in [3.63, 3.8) is 0 Å². The highest BCUT2D eigenvalue weighted by Gasteiger charge is 2.25. The molecule has 0 radical (unpaired) electrons. The second-order valence-corrected chi connectivity index (χ2v) is 5.31. The molecule has 106 valence electrons. The first-order chi connectivity index (χ1) is 8.66. The average Bonchev–Trinajstić information content (AvgIpc) is 2.67. The summed E-state index contributed by atoms with van der Waals surface area (Å²) in [4.78, 5) is 22.5. The summed E-state index contributed by atoms with van der Waals surface area (Å²) < 4.78 is 13.8. The lowest BCUT2D eigenvalue weighted by molar-refractivity contribution is -0.139. The number of halogens is 1. The fourth-order valence-corrected chi connectivity index (χ4v) is 1.44. The summed E-state index contributed by atoms with van der Waals surface area (Å²) >= 11 is 0. The van der Waals surface area contributed by atoms with Gasteiger partial charge in [-0.3, -0.25) is 9.48 Å². The van der Waals surface area contributed by atoms with E-state index in [0.29, 0.717) is 5.69 Å². The molecule has 0 aliphatic rings. The molecule has 0 fully saturated rings. The fraction of sp³-hybridized carbons (Fsp3) is 0.583. The predicted octanol–water partition coefficient (Wildman–Crippen LogP) is 0.870. The van der Waals surface area contributed by atoms with Gasteiger partial charge in [-0.15, -0.1) is 0 Å². The Kier molecular flexibility index (Phi) is 4.28. The Balaban J connectivity index is 2.95. The quantitative estimate of drug-likeness (QED) is 0.851. The third kappa shape index (κ3) is 3.52. The number of hydrogen-bond acceptors (Lipinski definition) is 3. The lowest BCUT2D eigenvalue weighted by Gasteiger charge is -2.13. The predicted molar refractivity (Wildman–Crippen MR) is 66.8 cm³/mol. The van der Waals surface area contributed by atoms with Crippen molar-refractivity contribution in [2.24, 2.45) is 7.05 Å². The van der Waals surface area contributed by atoms with Crippen molar-refractivity contribution < 1.29 is 19.1 Å². The molecular weight excluding hydrogens is 253 g/mol. The van der Waals surface area contributed by atoms with E-state index in [1.54, 1.807) is 13.1 Å². The number of nitrogens with one attached hydrogen (secondary N) is 1. The number of amides is 1. The number of aryl methyl sites for hydroxylation is 1. The molecule has 0 saturated carbocycles. The molecule has 1 atom stereocenters. The molecule has 1 heterocycles. The maximum absolute atomic E-state index is 12.5. The van der Waals surface area contributed by atoms with Gasteiger partial charge in [0.1, 0.15) is 12.4 Å². The van der Waals surface area contributed by atoms with Gasteiger partial charge in [-0.2, -0.15) is 5.10 Å². The summed E-state index contributed by atoms with van der Waals surface area (Å²) in [6.45, 7) is 4.67. The van der Waals surface area contributed by atoms with E-state index in [0.717, 1.165) is 0 Å². The normalized spacial score (nSPS) is 13.1. The summed E-state index contributed by atoms with van der Waals surface area (Å²) in [5.41, 5.74) is 0.666. The standard InChI is InChI=1S/C12H18FN3O3/c1-12(2,3)9-5-8(16(4)15-9)10(17)14-7(6-13)11(18)19/h5,7H,6H2,1-4H3,(H,14,17)(H,18,19). The third-order valence-electron chi connectivity index (χ3n) is 2.64. The van der Waals surface area contributed by atoms with Crippen LogP contribution in [0.5, 0.6) is 0 Å². The zero-order chi connectivity index (χ0) is 14.8. The van der Waals surface area contributed by atoms with E-state index in [-0.39, 0.29) is 11.1 Å². The molecule has 1 amide bonds. The van der Waals surface area contributed by atoms with E-state index in [4.69, 9.17) is 5.11 Å². The van der Waals surface area contributed by atoms with Gasteiger partial charge in [0.2, 0.25) is 0 Å². The number of aliphatic carboxylic acids is 1. The smallest absolute Gasteiger partial charge is 0.328 e. The second kappa shape index (κ2) is 5.38. The van der Waals surface area contributed by atoms with Crippen LogP contribution in [0.25, 0.3) is 0 Å². The van der Waals surface area contributed by atoms with Gasteiger partial charge in [0.15, 0.2) is 6.04 Å². The van der Waals surface area contributed by atoms with Crippen molar-refractivity contribution in [2.45, 2.75) is 32.2 Å². The minimum absolute atomic E-state index is 0.199. The lowest BCUT2D eigenvalue weighted by atomic mass is 9.92. The van der Waals surface area contributed by atoms with Crippen LogP contribution in [0, 0.1) is 0 Å². The van der Waals surface area contributed by atoms with Crippen LogP contribution in [0.3, 0.4) is 0 Å². The van der Waals surface area contributed by atoms with Crippen LogP contribution in [-0.4, -0.2) is 39.5 Å². The van der Waals surface area contributed by atoms with Crippen LogP contribution in [0.1, 0.15) is 37.0 Å². The van der Waals surface area contributed by atoms with Crippen molar-refractivity contribution in [1.82, 2.24) is 15.1 Å². The molecular formula is C12H18FN3O3. The van der Waals surface area contributed by atoms with Crippen molar-refractivity contribution in [2.75, 3.05) is 6.67 Å². The lowest BCUT2D eigenvalue weighted by Crippen LogP contribution is -2.42. The van der Waals surface area contributed by atoms with Crippen molar-refractivity contribution >= 4 is 11.9 Å². The molecule has 0 aliphatic heterocycles. The molecule has 1 aromatic heterocycles. The molecule has 1 aromatic rings. The topological polar surface area (TPSA) is 84.2 Å². The SMILES string of the molecule is Cn1nc(C(C)(C)C)cc1C(=O)NC(CF)C(=O)O. The Labute approximate surface area is 110 Å². The highest BCUT2D eigenvalue weighted by atomic mass is 19.1. The number of nitrogens with zero attached hydrogens (tertiary/aromatic N) is 2. The van der Waals surface area contributed by atoms with Gasteiger partial charge in [0.25, 0.3) is 5.91 Å². The summed E-state index contributed by atoms with van der Waals surface area (Å²) in [7, 11) is 1.58. The Morgan fingerprint density at radius 1 is 1.53 bits per heavy atom. The number of hydrogen-bond donors (Lipinski definition) is 2. The minimum Gasteiger partial charge on any atom is -0.480 e. The molecule has 0 aliphatic carbocycles. The number of alkyl halides is 1. The number of carbonyl (C=O) groups is 2. The molecule has 0 saturated heterocycles. The van der Waals surface area contributed by atoms with Crippen molar-refractivity contribution in [3.05, 3.63) is 17.5 Å². The monoisotopic (exact) mass is 271 g/mol. The van der Waals surface area contributed by atoms with Crippen LogP contribution >= 0.6 is 0 Å². The first-order valence-electron chi connectivity index (χ1n) is 5.81. The number of carbonyl (C=O) groups excluding carboxylic acids is 1. The summed E-state index contributed by atoms with van der Waals surface area (Å²) in [6.07, 6.45) is 0. The Bertz CT molecular complexity index is 491. The van der Waals surface area contributed by atoms with E-state index in [2.05, 4.69) is 10.4 Å². The van der Waals surface area contributed by atoms with Gasteiger partial charge < -0.3 is 10.4 Å². The van der Waals surface area contributed by atoms with Crippen LogP contribution < -0.4 is 5.32 Å². The Morgan fingerprint density at radius 3 is 2.47 bits per heavy atom. The Hall–Kier alpha value is -1.92. The molecule has 1 rings (SSSR count). The number of carboxylic acids is 1. The molecule has 6 nitrogen and oxygen atoms in total. The van der Waals surface area contributed by atoms with Crippen LogP contribution in [-0.2, 0) is 17.3 Å². The fourth-order valence-electron chi connectivity index (χ4n) is 1.44. The molecule has 0 bridgehead atoms. The van der Waals surface area contributed by atoms with Gasteiger partial charge >= 0.3 is 5.97 Å². The van der Waals surface area contributed by atoms with Gasteiger partial charge in [0, 0.05) is 12.5 Å². The van der Waals surface area contributed by atoms with E-state index in [9.17, 15) is 14.0 Å². The summed E-state index contributed by atoms with van der Waals surface area (Å²) in [5.74, 6) is -2.07. The molecule has 0 spiro atoms. The molecule has 1 unspecified atom stereocenters. The van der Waals surface area contributed by atoms with Crippen molar-refractivity contribution in [3.8, 4) is 0 Å². The summed E-state index contributed by atoms with van der Waals surface area (Å²) in [5, 5.41) is 15.0. The van der Waals surface area contributed by atoms with Gasteiger partial charge in [0.05, 0.1) is 5.69 Å². The number of carboxylic acid groups (broad SMARTS) is 1. The largest absolute Gasteiger partial charge is 0.480 e. The first kappa shape index (κ1) is 15.1. The highest BCUT2D eigenvalue weighted by molar-refractivity contribution is 5.95.